The smallest absolute Gasteiger partial charge is 0.323 e. The number of aromatic nitrogens is 2. The molecule has 3 N–H and O–H groups in total. The fourth-order valence-corrected chi connectivity index (χ4v) is 5.78. The van der Waals surface area contributed by atoms with Crippen molar-refractivity contribution in [2.24, 2.45) is 0 Å². The number of rotatable bonds is 5. The van der Waals surface area contributed by atoms with Gasteiger partial charge in [0.15, 0.2) is 0 Å². The zero-order valence-electron chi connectivity index (χ0n) is 19.0. The zero-order valence-corrected chi connectivity index (χ0v) is 20.7. The average molecular weight is 512 g/mol. The summed E-state index contributed by atoms with van der Waals surface area (Å²) in [4.78, 5) is 36.9. The largest absolute Gasteiger partial charge is 0.359 e. The number of H-pyrrole nitrogens is 1. The first kappa shape index (κ1) is 22.4. The molecule has 3 aromatic carbocycles. The minimum atomic E-state index is -0.358. The van der Waals surface area contributed by atoms with E-state index in [0.29, 0.717) is 23.7 Å². The number of amides is 3. The van der Waals surface area contributed by atoms with E-state index in [9.17, 15) is 9.59 Å². The summed E-state index contributed by atoms with van der Waals surface area (Å²) < 4.78 is 0. The topological polar surface area (TPSA) is 90.1 Å². The van der Waals surface area contributed by atoms with E-state index < -0.39 is 0 Å². The van der Waals surface area contributed by atoms with Crippen LogP contribution in [0.25, 0.3) is 21.3 Å². The molecule has 0 fully saturated rings. The number of fused-ring (bicyclic) bond motifs is 2. The number of thiazole rings is 1. The number of hydrogen-bond donors (Lipinski definition) is 3. The quantitative estimate of drug-likeness (QED) is 0.249. The van der Waals surface area contributed by atoms with Crippen molar-refractivity contribution in [3.63, 3.8) is 0 Å². The van der Waals surface area contributed by atoms with Gasteiger partial charge >= 0.3 is 6.03 Å². The van der Waals surface area contributed by atoms with E-state index >= 15 is 0 Å². The van der Waals surface area contributed by atoms with Crippen LogP contribution >= 0.6 is 23.1 Å². The molecule has 0 saturated heterocycles. The highest BCUT2D eigenvalue weighted by atomic mass is 32.2. The van der Waals surface area contributed by atoms with Gasteiger partial charge in [0.05, 0.1) is 34.1 Å². The van der Waals surface area contributed by atoms with Crippen molar-refractivity contribution < 1.29 is 9.59 Å². The number of carbonyl (C=O) groups is 2. The summed E-state index contributed by atoms with van der Waals surface area (Å²) in [5, 5.41) is 6.78. The lowest BCUT2D eigenvalue weighted by Crippen LogP contribution is -2.34. The summed E-state index contributed by atoms with van der Waals surface area (Å²) in [7, 11) is 0. The summed E-state index contributed by atoms with van der Waals surface area (Å²) in [5.41, 5.74) is 6.93. The van der Waals surface area contributed by atoms with Crippen molar-refractivity contribution in [3.05, 3.63) is 90.2 Å². The van der Waals surface area contributed by atoms with Crippen LogP contribution in [0.15, 0.2) is 89.5 Å². The normalized spacial score (nSPS) is 13.0. The van der Waals surface area contributed by atoms with Crippen LogP contribution in [-0.4, -0.2) is 27.7 Å². The number of thioether (sulfide) groups is 1. The Morgan fingerprint density at radius 2 is 1.94 bits per heavy atom. The predicted octanol–water partition coefficient (Wildman–Crippen LogP) is 6.57. The fourth-order valence-electron chi connectivity index (χ4n) is 4.24. The van der Waals surface area contributed by atoms with Gasteiger partial charge in [0.25, 0.3) is 0 Å². The number of benzene rings is 3. The van der Waals surface area contributed by atoms with Crippen LogP contribution in [0.2, 0.25) is 0 Å². The molecule has 178 valence electrons. The number of carbonyl (C=O) groups excluding carboxylic acids is 2. The van der Waals surface area contributed by atoms with Crippen molar-refractivity contribution in [2.45, 2.75) is 11.4 Å². The van der Waals surface area contributed by atoms with Crippen LogP contribution in [-0.2, 0) is 11.3 Å². The van der Waals surface area contributed by atoms with E-state index in [2.05, 4.69) is 20.6 Å². The molecule has 36 heavy (non-hydrogen) atoms. The molecule has 3 amide bonds. The number of hydrogen-bond acceptors (Lipinski definition) is 5. The SMILES string of the molecule is O=C(Nc1ccc2c(c1)N(Cc1ccccc1)C(=O)CS2)Nc1c[nH]c2ccc(-c3cncs3)cc12. The Bertz CT molecular complexity index is 1560. The minimum absolute atomic E-state index is 0.0495. The van der Waals surface area contributed by atoms with Crippen LogP contribution in [0.4, 0.5) is 21.9 Å². The Morgan fingerprint density at radius 1 is 1.06 bits per heavy atom. The molecule has 9 heteroatoms. The van der Waals surface area contributed by atoms with E-state index in [0.717, 1.165) is 37.5 Å². The van der Waals surface area contributed by atoms with E-state index in [4.69, 9.17) is 0 Å². The van der Waals surface area contributed by atoms with Gasteiger partial charge in [-0.25, -0.2) is 4.79 Å². The number of nitrogens with zero attached hydrogens (tertiary/aromatic N) is 2. The highest BCUT2D eigenvalue weighted by Gasteiger charge is 2.25. The van der Waals surface area contributed by atoms with Crippen molar-refractivity contribution >= 4 is 63.0 Å². The first-order valence-electron chi connectivity index (χ1n) is 11.3. The minimum Gasteiger partial charge on any atom is -0.359 e. The van der Waals surface area contributed by atoms with Gasteiger partial charge in [-0.2, -0.15) is 0 Å². The standard InChI is InChI=1S/C27H21N5O2S2/c33-26-15-35-24-9-7-19(11-23(24)32(26)14-17-4-2-1-3-5-17)30-27(34)31-22-12-29-21-8-6-18(10-20(21)22)25-13-28-16-36-25/h1-13,16,29H,14-15H2,(H2,30,31,34). The highest BCUT2D eigenvalue weighted by Crippen LogP contribution is 2.38. The van der Waals surface area contributed by atoms with E-state index in [-0.39, 0.29) is 11.9 Å². The second kappa shape index (κ2) is 9.52. The first-order valence-corrected chi connectivity index (χ1v) is 13.2. The van der Waals surface area contributed by atoms with Gasteiger partial charge in [-0.3, -0.25) is 9.78 Å². The number of aromatic amines is 1. The molecule has 6 rings (SSSR count). The van der Waals surface area contributed by atoms with Gasteiger partial charge in [0.1, 0.15) is 0 Å². The molecule has 0 unspecified atom stereocenters. The van der Waals surface area contributed by atoms with E-state index in [1.54, 1.807) is 27.9 Å². The van der Waals surface area contributed by atoms with Crippen LogP contribution < -0.4 is 15.5 Å². The summed E-state index contributed by atoms with van der Waals surface area (Å²) in [5.74, 6) is 0.450. The van der Waals surface area contributed by atoms with Crippen molar-refractivity contribution in [1.29, 1.82) is 0 Å². The highest BCUT2D eigenvalue weighted by molar-refractivity contribution is 8.00. The fraction of sp³-hybridized carbons (Fsp3) is 0.0741. The monoisotopic (exact) mass is 511 g/mol. The molecule has 7 nitrogen and oxygen atoms in total. The summed E-state index contributed by atoms with van der Waals surface area (Å²) in [6.07, 6.45) is 3.61. The van der Waals surface area contributed by atoms with Gasteiger partial charge < -0.3 is 20.5 Å². The Morgan fingerprint density at radius 3 is 2.78 bits per heavy atom. The van der Waals surface area contributed by atoms with Crippen molar-refractivity contribution in [3.8, 4) is 10.4 Å². The second-order valence-electron chi connectivity index (χ2n) is 8.34. The molecular weight excluding hydrogens is 490 g/mol. The second-order valence-corrected chi connectivity index (χ2v) is 10.2. The summed E-state index contributed by atoms with van der Waals surface area (Å²) in [6.45, 7) is 0.486. The molecule has 0 aliphatic carbocycles. The van der Waals surface area contributed by atoms with Crippen LogP contribution in [0.5, 0.6) is 0 Å². The molecule has 1 aliphatic heterocycles. The Labute approximate surface area is 215 Å². The summed E-state index contributed by atoms with van der Waals surface area (Å²) in [6, 6.07) is 21.3. The zero-order chi connectivity index (χ0) is 24.5. The molecule has 5 aromatic rings. The third-order valence-electron chi connectivity index (χ3n) is 5.99. The van der Waals surface area contributed by atoms with Gasteiger partial charge in [0, 0.05) is 33.9 Å². The number of urea groups is 1. The van der Waals surface area contributed by atoms with Crippen molar-refractivity contribution in [2.75, 3.05) is 21.3 Å². The maximum absolute atomic E-state index is 12.9. The summed E-state index contributed by atoms with van der Waals surface area (Å²) >= 11 is 3.09. The van der Waals surface area contributed by atoms with E-state index in [1.165, 1.54) is 11.8 Å². The molecule has 2 aromatic heterocycles. The predicted molar refractivity (Wildman–Crippen MR) is 147 cm³/mol. The lowest BCUT2D eigenvalue weighted by atomic mass is 10.1. The lowest BCUT2D eigenvalue weighted by Gasteiger charge is -2.29. The van der Waals surface area contributed by atoms with Gasteiger partial charge in [0.2, 0.25) is 5.91 Å². The molecule has 0 atom stereocenters. The Hall–Kier alpha value is -4.08. The third-order valence-corrected chi connectivity index (χ3v) is 7.86. The molecule has 0 saturated carbocycles. The lowest BCUT2D eigenvalue weighted by molar-refractivity contribution is -0.116. The van der Waals surface area contributed by atoms with Gasteiger partial charge in [-0.1, -0.05) is 36.4 Å². The average Bonchev–Trinajstić information content (AvgIpc) is 3.57. The number of anilines is 3. The Kier molecular flexibility index (Phi) is 5.92. The third kappa shape index (κ3) is 4.46. The molecule has 0 spiro atoms. The molecular formula is C27H21N5O2S2. The molecule has 0 bridgehead atoms. The maximum atomic E-state index is 12.9. The Balaban J connectivity index is 1.22. The molecule has 0 radical (unpaired) electrons. The van der Waals surface area contributed by atoms with E-state index in [1.807, 2.05) is 72.9 Å². The van der Waals surface area contributed by atoms with Crippen molar-refractivity contribution in [1.82, 2.24) is 9.97 Å². The maximum Gasteiger partial charge on any atom is 0.323 e. The van der Waals surface area contributed by atoms with Crippen LogP contribution in [0.1, 0.15) is 5.56 Å². The van der Waals surface area contributed by atoms with Crippen LogP contribution in [0.3, 0.4) is 0 Å². The molecule has 1 aliphatic rings. The van der Waals surface area contributed by atoms with Gasteiger partial charge in [-0.15, -0.1) is 23.1 Å². The molecule has 3 heterocycles. The number of nitrogens with one attached hydrogen (secondary N) is 3. The van der Waals surface area contributed by atoms with Gasteiger partial charge in [-0.05, 0) is 41.5 Å². The van der Waals surface area contributed by atoms with Crippen LogP contribution in [0, 0.1) is 0 Å². The first-order chi connectivity index (χ1) is 17.6.